The highest BCUT2D eigenvalue weighted by molar-refractivity contribution is 5.83. The third-order valence-corrected chi connectivity index (χ3v) is 12.5. The fraction of sp³-hybridized carbons (Fsp3) is 0.957. The summed E-state index contributed by atoms with van der Waals surface area (Å²) in [7, 11) is 3.62. The number of methoxy groups -OCH3 is 2. The Balaban J connectivity index is 1.54. The van der Waals surface area contributed by atoms with Crippen LogP contribution in [0.2, 0.25) is 0 Å². The fourth-order valence-electron chi connectivity index (χ4n) is 13.5. The van der Waals surface area contributed by atoms with E-state index in [2.05, 4.69) is 6.92 Å². The van der Waals surface area contributed by atoms with Crippen molar-refractivity contribution >= 4 is 5.97 Å². The van der Waals surface area contributed by atoms with Crippen LogP contribution >= 0.6 is 0 Å². The molecule has 0 spiro atoms. The maximum Gasteiger partial charge on any atom is 0.315 e. The van der Waals surface area contributed by atoms with Gasteiger partial charge in [-0.1, -0.05) is 13.3 Å². The van der Waals surface area contributed by atoms with Gasteiger partial charge in [-0.05, 0) is 90.8 Å². The SMILES string of the molecule is COC(=O)[C@@]12[C@@H]3[C@H]4CC[C@H]5[C@@H]4[C@@H]4[C@@H]3[C@@H]3[C@H]([C@H]6CCC[C@H]6[C@@H]31)[C@]4(C)[C@@]52OC. The summed E-state index contributed by atoms with van der Waals surface area (Å²) >= 11 is 0. The molecule has 9 saturated carbocycles. The van der Waals surface area contributed by atoms with Crippen LogP contribution in [0.5, 0.6) is 0 Å². The highest BCUT2D eigenvalue weighted by Crippen LogP contribution is 2.99. The molecule has 0 amide bonds. The maximum absolute atomic E-state index is 13.8. The Morgan fingerprint density at radius 2 is 1.54 bits per heavy atom. The Hall–Kier alpha value is -0.570. The molecule has 0 saturated heterocycles. The van der Waals surface area contributed by atoms with Gasteiger partial charge in [0.25, 0.3) is 0 Å². The monoisotopic (exact) mass is 354 g/mol. The van der Waals surface area contributed by atoms with Gasteiger partial charge in [0.1, 0.15) is 5.41 Å². The van der Waals surface area contributed by atoms with Crippen LogP contribution in [0.1, 0.15) is 39.0 Å². The molecule has 9 fully saturated rings. The third-order valence-electron chi connectivity index (χ3n) is 12.5. The van der Waals surface area contributed by atoms with E-state index in [-0.39, 0.29) is 22.4 Å². The van der Waals surface area contributed by atoms with Gasteiger partial charge in [0, 0.05) is 12.5 Å². The zero-order chi connectivity index (χ0) is 17.4. The molecule has 0 aromatic rings. The summed E-state index contributed by atoms with van der Waals surface area (Å²) in [6, 6.07) is 0. The number of rotatable bonds is 2. The maximum atomic E-state index is 13.8. The lowest BCUT2D eigenvalue weighted by Gasteiger charge is -2.64. The fourth-order valence-corrected chi connectivity index (χ4v) is 13.5. The lowest BCUT2D eigenvalue weighted by atomic mass is 9.42. The molecular formula is C23H30O3. The normalized spacial score (nSPS) is 74.3. The van der Waals surface area contributed by atoms with Gasteiger partial charge in [0.05, 0.1) is 12.7 Å². The number of fused-ring (bicyclic) bond motifs is 1. The first-order valence-electron chi connectivity index (χ1n) is 11.3. The number of carbonyl (C=O) groups is 1. The predicted molar refractivity (Wildman–Crippen MR) is 93.8 cm³/mol. The number of ether oxygens (including phenoxy) is 2. The van der Waals surface area contributed by atoms with Crippen molar-refractivity contribution in [3.05, 3.63) is 0 Å². The molecular weight excluding hydrogens is 324 g/mol. The molecule has 0 aliphatic heterocycles. The van der Waals surface area contributed by atoms with Crippen molar-refractivity contribution in [3.63, 3.8) is 0 Å². The van der Waals surface area contributed by atoms with Gasteiger partial charge in [-0.3, -0.25) is 4.79 Å². The van der Waals surface area contributed by atoms with Gasteiger partial charge in [0.15, 0.2) is 0 Å². The van der Waals surface area contributed by atoms with Crippen LogP contribution in [-0.2, 0) is 14.3 Å². The molecule has 0 heterocycles. The van der Waals surface area contributed by atoms with E-state index in [0.29, 0.717) is 17.8 Å². The summed E-state index contributed by atoms with van der Waals surface area (Å²) in [6.07, 6.45) is 6.82. The molecule has 0 aromatic heterocycles. The number of hydrogen-bond donors (Lipinski definition) is 0. The van der Waals surface area contributed by atoms with E-state index in [9.17, 15) is 4.79 Å². The Morgan fingerprint density at radius 1 is 0.846 bits per heavy atom. The van der Waals surface area contributed by atoms with E-state index in [1.165, 1.54) is 32.1 Å². The highest BCUT2D eigenvalue weighted by Gasteiger charge is 3.01. The largest absolute Gasteiger partial charge is 0.468 e. The Kier molecular flexibility index (Phi) is 2.04. The summed E-state index contributed by atoms with van der Waals surface area (Å²) in [5.74, 6) is 8.56. The molecule has 0 unspecified atom stereocenters. The highest BCUT2D eigenvalue weighted by atomic mass is 16.5. The third kappa shape index (κ3) is 0.855. The topological polar surface area (TPSA) is 35.5 Å². The van der Waals surface area contributed by atoms with Gasteiger partial charge in [-0.25, -0.2) is 0 Å². The van der Waals surface area contributed by atoms with E-state index in [1.54, 1.807) is 7.11 Å². The summed E-state index contributed by atoms with van der Waals surface area (Å²) in [6.45, 7) is 2.60. The van der Waals surface area contributed by atoms with Crippen LogP contribution in [0.15, 0.2) is 0 Å². The van der Waals surface area contributed by atoms with Crippen LogP contribution in [0.3, 0.4) is 0 Å². The van der Waals surface area contributed by atoms with Gasteiger partial charge in [-0.15, -0.1) is 0 Å². The van der Waals surface area contributed by atoms with Crippen molar-refractivity contribution < 1.29 is 14.3 Å². The summed E-state index contributed by atoms with van der Waals surface area (Å²) < 4.78 is 12.5. The zero-order valence-electron chi connectivity index (χ0n) is 16.1. The Morgan fingerprint density at radius 3 is 2.27 bits per heavy atom. The molecule has 14 atom stereocenters. The van der Waals surface area contributed by atoms with Crippen LogP contribution in [0, 0.1) is 75.9 Å². The van der Waals surface area contributed by atoms with E-state index < -0.39 is 0 Å². The second-order valence-corrected chi connectivity index (χ2v) is 11.5. The first-order chi connectivity index (χ1) is 12.6. The van der Waals surface area contributed by atoms with Gasteiger partial charge in [-0.2, -0.15) is 0 Å². The van der Waals surface area contributed by atoms with E-state index >= 15 is 0 Å². The second-order valence-electron chi connectivity index (χ2n) is 11.5. The Labute approximate surface area is 155 Å². The van der Waals surface area contributed by atoms with Crippen molar-refractivity contribution in [2.75, 3.05) is 14.2 Å². The zero-order valence-corrected chi connectivity index (χ0v) is 16.1. The quantitative estimate of drug-likeness (QED) is 0.713. The standard InChI is InChI=1S/C23H30O3/c1-21-16-9-5-4-6-10(9)17-14(16)15-18-11-7-8-12(13(11)19(15)21)23(21,26-3)22(17,18)20(24)25-2/h9-19H,4-8H2,1-3H3/t9-,10+,11-,12-,13+,14+,15+,16-,17-,18+,19+,21-,22-,23-/m0/s1. The minimum Gasteiger partial charge on any atom is -0.468 e. The van der Waals surface area contributed by atoms with Crippen LogP contribution in [0.4, 0.5) is 0 Å². The molecule has 9 aliphatic rings. The molecule has 0 radical (unpaired) electrons. The number of hydrogen-bond acceptors (Lipinski definition) is 3. The summed E-state index contributed by atoms with van der Waals surface area (Å²) in [4.78, 5) is 13.8. The smallest absolute Gasteiger partial charge is 0.315 e. The molecule has 9 bridgehead atoms. The van der Waals surface area contributed by atoms with Crippen LogP contribution in [0.25, 0.3) is 0 Å². The van der Waals surface area contributed by atoms with E-state index in [0.717, 1.165) is 47.3 Å². The van der Waals surface area contributed by atoms with Crippen LogP contribution in [-0.4, -0.2) is 25.8 Å². The summed E-state index contributed by atoms with van der Waals surface area (Å²) in [5.41, 5.74) is -0.300. The lowest BCUT2D eigenvalue weighted by molar-refractivity contribution is -0.273. The molecule has 9 aliphatic carbocycles. The van der Waals surface area contributed by atoms with Gasteiger partial charge >= 0.3 is 5.97 Å². The van der Waals surface area contributed by atoms with Crippen molar-refractivity contribution in [1.29, 1.82) is 0 Å². The van der Waals surface area contributed by atoms with Gasteiger partial charge in [0.2, 0.25) is 0 Å². The first kappa shape index (κ1) is 14.4. The van der Waals surface area contributed by atoms with E-state index in [4.69, 9.17) is 9.47 Å². The van der Waals surface area contributed by atoms with Crippen molar-refractivity contribution in [2.45, 2.75) is 44.6 Å². The molecule has 0 aromatic carbocycles. The molecule has 9 rings (SSSR count). The molecule has 3 nitrogen and oxygen atoms in total. The molecule has 26 heavy (non-hydrogen) atoms. The number of carbonyl (C=O) groups excluding carboxylic acids is 1. The second kappa shape index (κ2) is 3.67. The molecule has 3 heteroatoms. The minimum atomic E-state index is -0.309. The predicted octanol–water partition coefficient (Wildman–Crippen LogP) is 3.37. The summed E-state index contributed by atoms with van der Waals surface area (Å²) in [5, 5.41) is 0. The van der Waals surface area contributed by atoms with Crippen molar-refractivity contribution in [1.82, 2.24) is 0 Å². The van der Waals surface area contributed by atoms with Crippen LogP contribution < -0.4 is 0 Å². The molecule has 140 valence electrons. The van der Waals surface area contributed by atoms with Crippen molar-refractivity contribution in [3.8, 4) is 0 Å². The first-order valence-corrected chi connectivity index (χ1v) is 11.3. The molecule has 0 N–H and O–H groups in total. The lowest BCUT2D eigenvalue weighted by Crippen LogP contribution is -2.73. The number of esters is 1. The Bertz CT molecular complexity index is 777. The van der Waals surface area contributed by atoms with E-state index in [1.807, 2.05) is 7.11 Å². The minimum absolute atomic E-state index is 0.134. The average molecular weight is 354 g/mol. The van der Waals surface area contributed by atoms with Gasteiger partial charge < -0.3 is 9.47 Å². The average Bonchev–Trinajstić information content (AvgIpc) is 3.39. The van der Waals surface area contributed by atoms with Crippen molar-refractivity contribution in [2.24, 2.45) is 75.9 Å².